The Labute approximate surface area is 156 Å². The first-order chi connectivity index (χ1) is 13.0. The Morgan fingerprint density at radius 3 is 2.56 bits per heavy atom. The molecule has 140 valence electrons. The molecule has 0 saturated heterocycles. The van der Waals surface area contributed by atoms with E-state index in [9.17, 15) is 9.59 Å². The highest BCUT2D eigenvalue weighted by Gasteiger charge is 2.12. The van der Waals surface area contributed by atoms with Crippen molar-refractivity contribution in [2.24, 2.45) is 7.05 Å². The second-order valence-electron chi connectivity index (χ2n) is 5.83. The number of benzene rings is 2. The molecule has 0 unspecified atom stereocenters. The molecule has 2 aromatic carbocycles. The largest absolute Gasteiger partial charge is 0.497 e. The molecule has 0 spiro atoms. The van der Waals surface area contributed by atoms with E-state index in [1.54, 1.807) is 25.2 Å². The second kappa shape index (κ2) is 7.82. The van der Waals surface area contributed by atoms with Crippen LogP contribution in [0.3, 0.4) is 0 Å². The zero-order valence-electron chi connectivity index (χ0n) is 15.3. The molecule has 1 N–H and O–H groups in total. The molecule has 1 heterocycles. The van der Waals surface area contributed by atoms with E-state index in [0.29, 0.717) is 22.9 Å². The predicted molar refractivity (Wildman–Crippen MR) is 103 cm³/mol. The summed E-state index contributed by atoms with van der Waals surface area (Å²) in [6.07, 6.45) is 0. The van der Waals surface area contributed by atoms with Crippen LogP contribution in [0.1, 0.15) is 0 Å². The zero-order valence-corrected chi connectivity index (χ0v) is 15.3. The molecule has 0 atom stereocenters. The van der Waals surface area contributed by atoms with Gasteiger partial charge in [-0.05, 0) is 24.3 Å². The highest BCUT2D eigenvalue weighted by atomic mass is 16.5. The SMILES string of the molecule is COc1ccc(OC)c(NC(=O)COc2cc(=O)n(C)c3ccccc23)c1. The van der Waals surface area contributed by atoms with E-state index in [1.165, 1.54) is 24.9 Å². The number of aromatic nitrogens is 1. The van der Waals surface area contributed by atoms with Crippen LogP contribution in [-0.4, -0.2) is 31.3 Å². The third-order valence-corrected chi connectivity index (χ3v) is 4.16. The van der Waals surface area contributed by atoms with Gasteiger partial charge in [-0.3, -0.25) is 9.59 Å². The van der Waals surface area contributed by atoms with Crippen molar-refractivity contribution >= 4 is 22.5 Å². The number of hydrogen-bond acceptors (Lipinski definition) is 5. The number of pyridine rings is 1. The first-order valence-corrected chi connectivity index (χ1v) is 8.27. The van der Waals surface area contributed by atoms with Crippen molar-refractivity contribution in [3.63, 3.8) is 0 Å². The van der Waals surface area contributed by atoms with E-state index in [-0.39, 0.29) is 18.1 Å². The summed E-state index contributed by atoms with van der Waals surface area (Å²) >= 11 is 0. The third-order valence-electron chi connectivity index (χ3n) is 4.16. The van der Waals surface area contributed by atoms with Crippen LogP contribution >= 0.6 is 0 Å². The Morgan fingerprint density at radius 2 is 1.81 bits per heavy atom. The van der Waals surface area contributed by atoms with Crippen molar-refractivity contribution < 1.29 is 19.0 Å². The number of para-hydroxylation sites is 1. The van der Waals surface area contributed by atoms with E-state index >= 15 is 0 Å². The molecule has 3 aromatic rings. The summed E-state index contributed by atoms with van der Waals surface area (Å²) < 4.78 is 17.6. The molecule has 0 aliphatic carbocycles. The molecule has 7 nitrogen and oxygen atoms in total. The van der Waals surface area contributed by atoms with Crippen LogP contribution in [0.15, 0.2) is 53.3 Å². The normalized spacial score (nSPS) is 10.5. The number of nitrogens with zero attached hydrogens (tertiary/aromatic N) is 1. The van der Waals surface area contributed by atoms with Crippen LogP contribution in [0.25, 0.3) is 10.9 Å². The Hall–Kier alpha value is -3.48. The molecule has 0 radical (unpaired) electrons. The molecule has 27 heavy (non-hydrogen) atoms. The summed E-state index contributed by atoms with van der Waals surface area (Å²) in [5.41, 5.74) is 0.993. The number of amides is 1. The molecule has 1 aromatic heterocycles. The van der Waals surface area contributed by atoms with Crippen molar-refractivity contribution in [1.29, 1.82) is 0 Å². The highest BCUT2D eigenvalue weighted by molar-refractivity contribution is 5.94. The number of nitrogens with one attached hydrogen (secondary N) is 1. The molecular weight excluding hydrogens is 348 g/mol. The minimum Gasteiger partial charge on any atom is -0.497 e. The molecule has 0 aliphatic heterocycles. The van der Waals surface area contributed by atoms with Crippen molar-refractivity contribution in [2.45, 2.75) is 0 Å². The minimum atomic E-state index is -0.383. The quantitative estimate of drug-likeness (QED) is 0.723. The number of carbonyl (C=O) groups is 1. The zero-order chi connectivity index (χ0) is 19.4. The monoisotopic (exact) mass is 368 g/mol. The summed E-state index contributed by atoms with van der Waals surface area (Å²) in [5, 5.41) is 3.48. The van der Waals surface area contributed by atoms with Gasteiger partial charge >= 0.3 is 0 Å². The van der Waals surface area contributed by atoms with Gasteiger partial charge in [0.1, 0.15) is 17.2 Å². The van der Waals surface area contributed by atoms with Gasteiger partial charge in [0.15, 0.2) is 6.61 Å². The maximum Gasteiger partial charge on any atom is 0.262 e. The van der Waals surface area contributed by atoms with E-state index in [0.717, 1.165) is 10.9 Å². The van der Waals surface area contributed by atoms with Crippen LogP contribution in [0.2, 0.25) is 0 Å². The van der Waals surface area contributed by atoms with Gasteiger partial charge in [-0.1, -0.05) is 12.1 Å². The number of methoxy groups -OCH3 is 2. The third kappa shape index (κ3) is 3.87. The fraction of sp³-hybridized carbons (Fsp3) is 0.200. The predicted octanol–water partition coefficient (Wildman–Crippen LogP) is 2.57. The highest BCUT2D eigenvalue weighted by Crippen LogP contribution is 2.29. The van der Waals surface area contributed by atoms with Gasteiger partial charge in [-0.2, -0.15) is 0 Å². The van der Waals surface area contributed by atoms with Gasteiger partial charge in [0.05, 0.1) is 25.4 Å². The van der Waals surface area contributed by atoms with Crippen LogP contribution in [-0.2, 0) is 11.8 Å². The average molecular weight is 368 g/mol. The molecule has 7 heteroatoms. The molecule has 1 amide bonds. The van der Waals surface area contributed by atoms with Gasteiger partial charge in [0, 0.05) is 24.6 Å². The number of carbonyl (C=O) groups excluding carboxylic acids is 1. The van der Waals surface area contributed by atoms with Gasteiger partial charge in [0.2, 0.25) is 0 Å². The maximum atomic E-state index is 12.3. The van der Waals surface area contributed by atoms with E-state index in [2.05, 4.69) is 5.32 Å². The molecular formula is C20H20N2O5. The smallest absolute Gasteiger partial charge is 0.262 e. The van der Waals surface area contributed by atoms with Gasteiger partial charge in [-0.15, -0.1) is 0 Å². The lowest BCUT2D eigenvalue weighted by atomic mass is 10.2. The molecule has 0 saturated carbocycles. The molecule has 0 bridgehead atoms. The summed E-state index contributed by atoms with van der Waals surface area (Å²) in [6.45, 7) is -0.252. The maximum absolute atomic E-state index is 12.3. The number of aryl methyl sites for hydroxylation is 1. The summed E-state index contributed by atoms with van der Waals surface area (Å²) in [6, 6.07) is 13.8. The van der Waals surface area contributed by atoms with Crippen LogP contribution < -0.4 is 25.1 Å². The Bertz CT molecular complexity index is 1040. The fourth-order valence-electron chi connectivity index (χ4n) is 2.74. The lowest BCUT2D eigenvalue weighted by Gasteiger charge is -2.13. The number of rotatable bonds is 6. The first-order valence-electron chi connectivity index (χ1n) is 8.27. The van der Waals surface area contributed by atoms with Crippen molar-refractivity contribution in [2.75, 3.05) is 26.1 Å². The summed E-state index contributed by atoms with van der Waals surface area (Å²) in [4.78, 5) is 24.4. The lowest BCUT2D eigenvalue weighted by Crippen LogP contribution is -2.22. The van der Waals surface area contributed by atoms with Crippen molar-refractivity contribution in [1.82, 2.24) is 4.57 Å². The van der Waals surface area contributed by atoms with Gasteiger partial charge in [0.25, 0.3) is 11.5 Å². The molecule has 0 aliphatic rings. The Balaban J connectivity index is 1.78. The van der Waals surface area contributed by atoms with E-state index in [4.69, 9.17) is 14.2 Å². The number of anilines is 1. The van der Waals surface area contributed by atoms with Gasteiger partial charge < -0.3 is 24.1 Å². The van der Waals surface area contributed by atoms with Crippen molar-refractivity contribution in [3.05, 3.63) is 58.9 Å². The number of fused-ring (bicyclic) bond motifs is 1. The fourth-order valence-corrected chi connectivity index (χ4v) is 2.74. The summed E-state index contributed by atoms with van der Waals surface area (Å²) in [5.74, 6) is 1.07. The number of ether oxygens (including phenoxy) is 3. The number of hydrogen-bond donors (Lipinski definition) is 1. The Morgan fingerprint density at radius 1 is 1.04 bits per heavy atom. The average Bonchev–Trinajstić information content (AvgIpc) is 2.69. The summed E-state index contributed by atoms with van der Waals surface area (Å²) in [7, 11) is 4.74. The standard InChI is InChI=1S/C20H20N2O5/c1-22-16-7-5-4-6-14(16)18(11-20(22)24)27-12-19(23)21-15-10-13(25-2)8-9-17(15)26-3/h4-11H,12H2,1-3H3,(H,21,23). The minimum absolute atomic E-state index is 0.210. The van der Waals surface area contributed by atoms with E-state index in [1.807, 2.05) is 24.3 Å². The van der Waals surface area contributed by atoms with Crippen molar-refractivity contribution in [3.8, 4) is 17.2 Å². The van der Waals surface area contributed by atoms with E-state index < -0.39 is 0 Å². The Kier molecular flexibility index (Phi) is 5.30. The molecule has 3 rings (SSSR count). The van der Waals surface area contributed by atoms with Crippen LogP contribution in [0.5, 0.6) is 17.2 Å². The molecule has 0 fully saturated rings. The second-order valence-corrected chi connectivity index (χ2v) is 5.83. The lowest BCUT2D eigenvalue weighted by molar-refractivity contribution is -0.118. The topological polar surface area (TPSA) is 78.8 Å². The van der Waals surface area contributed by atoms with Crippen LogP contribution in [0.4, 0.5) is 5.69 Å². The first kappa shape index (κ1) is 18.3. The van der Waals surface area contributed by atoms with Gasteiger partial charge in [-0.25, -0.2) is 0 Å². The van der Waals surface area contributed by atoms with Crippen LogP contribution in [0, 0.1) is 0 Å².